The number of hydrogen-bond acceptors (Lipinski definition) is 3. The van der Waals surface area contributed by atoms with Crippen molar-refractivity contribution in [3.05, 3.63) is 59.4 Å². The van der Waals surface area contributed by atoms with E-state index in [0.717, 1.165) is 16.8 Å². The Bertz CT molecular complexity index is 582. The Kier molecular flexibility index (Phi) is 3.80. The first-order valence-corrected chi connectivity index (χ1v) is 6.08. The molecule has 0 saturated carbocycles. The number of pyridine rings is 1. The first-order valence-electron chi connectivity index (χ1n) is 6.08. The van der Waals surface area contributed by atoms with E-state index >= 15 is 0 Å². The number of nitrogens with one attached hydrogen (secondary N) is 1. The Hall–Kier alpha value is -2.36. The molecule has 0 radical (unpaired) electrons. The van der Waals surface area contributed by atoms with Gasteiger partial charge in [0.1, 0.15) is 0 Å². The van der Waals surface area contributed by atoms with Gasteiger partial charge in [-0.2, -0.15) is 0 Å². The number of benzene rings is 1. The summed E-state index contributed by atoms with van der Waals surface area (Å²) in [6, 6.07) is 9.09. The van der Waals surface area contributed by atoms with Crippen LogP contribution < -0.4 is 5.32 Å². The summed E-state index contributed by atoms with van der Waals surface area (Å²) in [7, 11) is 0. The van der Waals surface area contributed by atoms with E-state index in [4.69, 9.17) is 5.11 Å². The smallest absolute Gasteiger partial charge is 0.335 e. The monoisotopic (exact) mass is 256 g/mol. The molecule has 1 aromatic heterocycles. The average molecular weight is 256 g/mol. The molecule has 0 aliphatic carbocycles. The minimum atomic E-state index is -0.907. The Labute approximate surface area is 112 Å². The van der Waals surface area contributed by atoms with Gasteiger partial charge in [0.25, 0.3) is 0 Å². The van der Waals surface area contributed by atoms with E-state index in [9.17, 15) is 4.79 Å². The third kappa shape index (κ3) is 3.10. The number of aromatic carboxylic acids is 1. The maximum absolute atomic E-state index is 10.9. The van der Waals surface area contributed by atoms with E-state index in [2.05, 4.69) is 10.3 Å². The summed E-state index contributed by atoms with van der Waals surface area (Å²) in [5, 5.41) is 12.3. The largest absolute Gasteiger partial charge is 0.478 e. The molecule has 4 heteroatoms. The molecule has 2 rings (SSSR count). The highest BCUT2D eigenvalue weighted by molar-refractivity contribution is 5.88. The van der Waals surface area contributed by atoms with Crippen molar-refractivity contribution in [1.82, 2.24) is 4.98 Å². The van der Waals surface area contributed by atoms with Gasteiger partial charge in [-0.05, 0) is 49.2 Å². The number of rotatable bonds is 4. The Morgan fingerprint density at radius 2 is 2.16 bits per heavy atom. The number of nitrogens with zero attached hydrogens (tertiary/aromatic N) is 1. The van der Waals surface area contributed by atoms with Crippen molar-refractivity contribution < 1.29 is 9.90 Å². The number of carbonyl (C=O) groups is 1. The molecule has 0 spiro atoms. The van der Waals surface area contributed by atoms with Gasteiger partial charge >= 0.3 is 5.97 Å². The molecule has 0 bridgehead atoms. The summed E-state index contributed by atoms with van der Waals surface area (Å²) in [6.45, 7) is 3.94. The molecule has 0 fully saturated rings. The predicted molar refractivity (Wildman–Crippen MR) is 74.4 cm³/mol. The van der Waals surface area contributed by atoms with Crippen LogP contribution in [0.5, 0.6) is 0 Å². The fraction of sp³-hybridized carbons (Fsp3) is 0.200. The first-order chi connectivity index (χ1) is 9.08. The van der Waals surface area contributed by atoms with Crippen molar-refractivity contribution in [3.63, 3.8) is 0 Å². The van der Waals surface area contributed by atoms with E-state index in [-0.39, 0.29) is 6.04 Å². The normalized spacial score (nSPS) is 11.9. The van der Waals surface area contributed by atoms with E-state index < -0.39 is 5.97 Å². The highest BCUT2D eigenvalue weighted by Gasteiger charge is 2.09. The second-order valence-corrected chi connectivity index (χ2v) is 4.49. The number of carboxylic acids is 1. The summed E-state index contributed by atoms with van der Waals surface area (Å²) in [5.41, 5.74) is 3.23. The zero-order valence-electron chi connectivity index (χ0n) is 10.9. The molecule has 0 amide bonds. The van der Waals surface area contributed by atoms with Gasteiger partial charge in [-0.1, -0.05) is 6.07 Å². The van der Waals surface area contributed by atoms with Gasteiger partial charge in [0.15, 0.2) is 0 Å². The van der Waals surface area contributed by atoms with Crippen LogP contribution in [0.2, 0.25) is 0 Å². The quantitative estimate of drug-likeness (QED) is 0.881. The van der Waals surface area contributed by atoms with Gasteiger partial charge in [-0.3, -0.25) is 4.98 Å². The van der Waals surface area contributed by atoms with Gasteiger partial charge in [0, 0.05) is 18.1 Å². The Morgan fingerprint density at radius 1 is 1.37 bits per heavy atom. The Morgan fingerprint density at radius 3 is 2.74 bits per heavy atom. The highest BCUT2D eigenvalue weighted by Crippen LogP contribution is 2.22. The fourth-order valence-electron chi connectivity index (χ4n) is 1.91. The van der Waals surface area contributed by atoms with Gasteiger partial charge in [0.05, 0.1) is 11.6 Å². The van der Waals surface area contributed by atoms with Crippen molar-refractivity contribution in [2.24, 2.45) is 0 Å². The fourth-order valence-corrected chi connectivity index (χ4v) is 1.91. The predicted octanol–water partition coefficient (Wildman–Crippen LogP) is 3.26. The summed E-state index contributed by atoms with van der Waals surface area (Å²) >= 11 is 0. The standard InChI is InChI=1S/C15H16N2O2/c1-10-8-12(15(18)19)5-6-14(10)17-11(2)13-4-3-7-16-9-13/h3-9,11,17H,1-2H3,(H,18,19). The lowest BCUT2D eigenvalue weighted by Crippen LogP contribution is -2.08. The molecular weight excluding hydrogens is 240 g/mol. The minimum absolute atomic E-state index is 0.114. The van der Waals surface area contributed by atoms with Crippen molar-refractivity contribution in [3.8, 4) is 0 Å². The van der Waals surface area contributed by atoms with Crippen LogP contribution in [0.1, 0.15) is 34.5 Å². The molecule has 1 atom stereocenters. The van der Waals surface area contributed by atoms with Gasteiger partial charge < -0.3 is 10.4 Å². The van der Waals surface area contributed by atoms with E-state index in [1.165, 1.54) is 0 Å². The van der Waals surface area contributed by atoms with Crippen LogP contribution in [-0.2, 0) is 0 Å². The third-order valence-corrected chi connectivity index (χ3v) is 3.03. The summed E-state index contributed by atoms with van der Waals surface area (Å²) < 4.78 is 0. The minimum Gasteiger partial charge on any atom is -0.478 e. The lowest BCUT2D eigenvalue weighted by molar-refractivity contribution is 0.0697. The van der Waals surface area contributed by atoms with Crippen LogP contribution in [0.3, 0.4) is 0 Å². The van der Waals surface area contributed by atoms with Crippen LogP contribution in [0, 0.1) is 6.92 Å². The molecular formula is C15H16N2O2. The number of carboxylic acid groups (broad SMARTS) is 1. The van der Waals surface area contributed by atoms with Gasteiger partial charge in [-0.25, -0.2) is 4.79 Å². The van der Waals surface area contributed by atoms with Crippen LogP contribution in [-0.4, -0.2) is 16.1 Å². The molecule has 2 aromatic rings. The molecule has 2 N–H and O–H groups in total. The lowest BCUT2D eigenvalue weighted by atomic mass is 10.1. The number of aryl methyl sites for hydroxylation is 1. The van der Waals surface area contributed by atoms with Crippen LogP contribution in [0.25, 0.3) is 0 Å². The molecule has 19 heavy (non-hydrogen) atoms. The topological polar surface area (TPSA) is 62.2 Å². The summed E-state index contributed by atoms with van der Waals surface area (Å²) in [5.74, 6) is -0.907. The second-order valence-electron chi connectivity index (χ2n) is 4.49. The zero-order chi connectivity index (χ0) is 13.8. The molecule has 4 nitrogen and oxygen atoms in total. The van der Waals surface area contributed by atoms with Crippen molar-refractivity contribution in [2.45, 2.75) is 19.9 Å². The molecule has 98 valence electrons. The zero-order valence-corrected chi connectivity index (χ0v) is 10.9. The highest BCUT2D eigenvalue weighted by atomic mass is 16.4. The Balaban J connectivity index is 2.18. The molecule has 0 saturated heterocycles. The van der Waals surface area contributed by atoms with Crippen molar-refractivity contribution in [1.29, 1.82) is 0 Å². The van der Waals surface area contributed by atoms with E-state index in [0.29, 0.717) is 5.56 Å². The number of hydrogen-bond donors (Lipinski definition) is 2. The maximum atomic E-state index is 10.9. The molecule has 0 aliphatic rings. The molecule has 0 aliphatic heterocycles. The van der Waals surface area contributed by atoms with E-state index in [1.807, 2.05) is 32.2 Å². The van der Waals surface area contributed by atoms with Crippen molar-refractivity contribution in [2.75, 3.05) is 5.32 Å². The molecule has 1 unspecified atom stereocenters. The summed E-state index contributed by atoms with van der Waals surface area (Å²) in [4.78, 5) is 15.0. The van der Waals surface area contributed by atoms with Crippen LogP contribution in [0.15, 0.2) is 42.7 Å². The SMILES string of the molecule is Cc1cc(C(=O)O)ccc1NC(C)c1cccnc1. The molecule has 1 heterocycles. The number of aromatic nitrogens is 1. The maximum Gasteiger partial charge on any atom is 0.335 e. The lowest BCUT2D eigenvalue weighted by Gasteiger charge is -2.17. The van der Waals surface area contributed by atoms with E-state index in [1.54, 1.807) is 24.4 Å². The second kappa shape index (κ2) is 5.52. The van der Waals surface area contributed by atoms with Gasteiger partial charge in [0.2, 0.25) is 0 Å². The number of anilines is 1. The van der Waals surface area contributed by atoms with Crippen LogP contribution in [0.4, 0.5) is 5.69 Å². The van der Waals surface area contributed by atoms with Crippen LogP contribution >= 0.6 is 0 Å². The first kappa shape index (κ1) is 13.1. The van der Waals surface area contributed by atoms with Gasteiger partial charge in [-0.15, -0.1) is 0 Å². The molecule has 1 aromatic carbocycles. The van der Waals surface area contributed by atoms with Crippen molar-refractivity contribution >= 4 is 11.7 Å². The third-order valence-electron chi connectivity index (χ3n) is 3.03. The summed E-state index contributed by atoms with van der Waals surface area (Å²) in [6.07, 6.45) is 3.56. The average Bonchev–Trinajstić information content (AvgIpc) is 2.41.